The van der Waals surface area contributed by atoms with Gasteiger partial charge in [0.2, 0.25) is 5.91 Å². The lowest BCUT2D eigenvalue weighted by atomic mass is 10.1. The van der Waals surface area contributed by atoms with Crippen LogP contribution in [0.2, 0.25) is 0 Å². The topological polar surface area (TPSA) is 29.1 Å². The van der Waals surface area contributed by atoms with E-state index >= 15 is 0 Å². The Morgan fingerprint density at radius 1 is 1.44 bits per heavy atom. The molecule has 2 nitrogen and oxygen atoms in total. The smallest absolute Gasteiger partial charge is 0.224 e. The average Bonchev–Trinajstić information content (AvgIpc) is 2.72. The van der Waals surface area contributed by atoms with Crippen molar-refractivity contribution in [1.29, 1.82) is 0 Å². The van der Waals surface area contributed by atoms with Crippen LogP contribution in [0.5, 0.6) is 0 Å². The Bertz CT molecular complexity index is 366. The molecule has 0 fully saturated rings. The van der Waals surface area contributed by atoms with Gasteiger partial charge in [0.15, 0.2) is 0 Å². The number of hydrogen-bond donors (Lipinski definition) is 1. The van der Waals surface area contributed by atoms with Gasteiger partial charge >= 0.3 is 0 Å². The van der Waals surface area contributed by atoms with E-state index in [0.29, 0.717) is 5.88 Å². The number of alkyl halides is 1. The molecule has 1 aromatic carbocycles. The monoisotopic (exact) mass is 237 g/mol. The molecule has 1 unspecified atom stereocenters. The molecular formula is C13H16ClNO. The molecule has 0 bridgehead atoms. The molecule has 1 aliphatic rings. The Morgan fingerprint density at radius 3 is 2.50 bits per heavy atom. The van der Waals surface area contributed by atoms with Gasteiger partial charge in [-0.1, -0.05) is 24.3 Å². The first-order chi connectivity index (χ1) is 7.70. The predicted octanol–water partition coefficient (Wildman–Crippen LogP) is 2.14. The second-order valence-electron chi connectivity index (χ2n) is 4.44. The number of hydrogen-bond acceptors (Lipinski definition) is 1. The van der Waals surface area contributed by atoms with Crippen LogP contribution in [0.3, 0.4) is 0 Å². The summed E-state index contributed by atoms with van der Waals surface area (Å²) in [5.74, 6) is 0.679. The van der Waals surface area contributed by atoms with Crippen molar-refractivity contribution < 1.29 is 4.79 Å². The summed E-state index contributed by atoms with van der Waals surface area (Å²) in [5, 5.41) is 2.94. The van der Waals surface area contributed by atoms with Gasteiger partial charge in [-0.15, -0.1) is 11.6 Å². The van der Waals surface area contributed by atoms with Crippen molar-refractivity contribution in [2.45, 2.75) is 25.8 Å². The first-order valence-corrected chi connectivity index (χ1v) is 6.17. The maximum atomic E-state index is 11.9. The van der Waals surface area contributed by atoms with E-state index in [4.69, 9.17) is 11.6 Å². The number of carbonyl (C=O) groups excluding carboxylic acids is 1. The van der Waals surface area contributed by atoms with Crippen LogP contribution in [-0.2, 0) is 17.6 Å². The van der Waals surface area contributed by atoms with Crippen molar-refractivity contribution in [2.24, 2.45) is 5.92 Å². The molecule has 0 saturated heterocycles. The molecule has 0 heterocycles. The van der Waals surface area contributed by atoms with Gasteiger partial charge in [0.1, 0.15) is 0 Å². The number of halogens is 1. The molecule has 0 aliphatic heterocycles. The van der Waals surface area contributed by atoms with Crippen LogP contribution in [0.15, 0.2) is 24.3 Å². The van der Waals surface area contributed by atoms with Crippen molar-refractivity contribution in [3.8, 4) is 0 Å². The van der Waals surface area contributed by atoms with E-state index in [1.165, 1.54) is 11.1 Å². The fraction of sp³-hybridized carbons (Fsp3) is 0.462. The van der Waals surface area contributed by atoms with Crippen molar-refractivity contribution >= 4 is 17.5 Å². The SMILES string of the molecule is CC(CCl)NC(=O)C1Cc2ccccc2C1. The summed E-state index contributed by atoms with van der Waals surface area (Å²) < 4.78 is 0. The van der Waals surface area contributed by atoms with Gasteiger partial charge < -0.3 is 5.32 Å². The molecule has 0 saturated carbocycles. The fourth-order valence-corrected chi connectivity index (χ4v) is 2.22. The normalized spacial score (nSPS) is 16.9. The van der Waals surface area contributed by atoms with Gasteiger partial charge in [0.25, 0.3) is 0 Å². The molecular weight excluding hydrogens is 222 g/mol. The molecule has 1 N–H and O–H groups in total. The van der Waals surface area contributed by atoms with Gasteiger partial charge in [0.05, 0.1) is 0 Å². The molecule has 0 spiro atoms. The molecule has 1 aliphatic carbocycles. The Balaban J connectivity index is 1.98. The minimum atomic E-state index is 0.0536. The number of rotatable bonds is 3. The highest BCUT2D eigenvalue weighted by Crippen LogP contribution is 2.26. The molecule has 1 amide bonds. The lowest BCUT2D eigenvalue weighted by Gasteiger charge is -2.14. The summed E-state index contributed by atoms with van der Waals surface area (Å²) in [6, 6.07) is 8.32. The minimum Gasteiger partial charge on any atom is -0.352 e. The van der Waals surface area contributed by atoms with Gasteiger partial charge in [-0.3, -0.25) is 4.79 Å². The lowest BCUT2D eigenvalue weighted by molar-refractivity contribution is -0.125. The Hall–Kier alpha value is -1.02. The third-order valence-electron chi connectivity index (χ3n) is 3.04. The molecule has 2 rings (SSSR count). The number of carbonyl (C=O) groups is 1. The number of benzene rings is 1. The van der Waals surface area contributed by atoms with Gasteiger partial charge in [-0.2, -0.15) is 0 Å². The van der Waals surface area contributed by atoms with Crippen LogP contribution in [0, 0.1) is 5.92 Å². The molecule has 1 atom stereocenters. The van der Waals surface area contributed by atoms with Crippen LogP contribution in [0.1, 0.15) is 18.1 Å². The van der Waals surface area contributed by atoms with E-state index in [2.05, 4.69) is 17.4 Å². The van der Waals surface area contributed by atoms with Crippen molar-refractivity contribution in [3.05, 3.63) is 35.4 Å². The first kappa shape index (κ1) is 11.5. The van der Waals surface area contributed by atoms with Gasteiger partial charge in [0, 0.05) is 17.8 Å². The number of nitrogens with one attached hydrogen (secondary N) is 1. The molecule has 1 aromatic rings. The van der Waals surface area contributed by atoms with Crippen molar-refractivity contribution in [3.63, 3.8) is 0 Å². The van der Waals surface area contributed by atoms with Gasteiger partial charge in [-0.05, 0) is 30.9 Å². The Labute approximate surface area is 101 Å². The number of fused-ring (bicyclic) bond motifs is 1. The van der Waals surface area contributed by atoms with Crippen molar-refractivity contribution in [2.75, 3.05) is 5.88 Å². The first-order valence-electron chi connectivity index (χ1n) is 5.64. The van der Waals surface area contributed by atoms with E-state index in [-0.39, 0.29) is 17.9 Å². The zero-order valence-corrected chi connectivity index (χ0v) is 10.1. The van der Waals surface area contributed by atoms with E-state index < -0.39 is 0 Å². The van der Waals surface area contributed by atoms with Crippen molar-refractivity contribution in [1.82, 2.24) is 5.32 Å². The average molecular weight is 238 g/mol. The molecule has 16 heavy (non-hydrogen) atoms. The van der Waals surface area contributed by atoms with Gasteiger partial charge in [-0.25, -0.2) is 0 Å². The largest absolute Gasteiger partial charge is 0.352 e. The number of amides is 1. The lowest BCUT2D eigenvalue weighted by Crippen LogP contribution is -2.38. The summed E-state index contributed by atoms with van der Waals surface area (Å²) in [6.45, 7) is 1.92. The molecule has 86 valence electrons. The molecule has 0 aromatic heterocycles. The summed E-state index contributed by atoms with van der Waals surface area (Å²) in [6.07, 6.45) is 1.72. The highest BCUT2D eigenvalue weighted by Gasteiger charge is 2.27. The quantitative estimate of drug-likeness (QED) is 0.802. The van der Waals surface area contributed by atoms with Crippen LogP contribution in [-0.4, -0.2) is 17.8 Å². The zero-order chi connectivity index (χ0) is 11.5. The molecule has 3 heteroatoms. The zero-order valence-electron chi connectivity index (χ0n) is 9.37. The van der Waals surface area contributed by atoms with E-state index in [1.54, 1.807) is 0 Å². The summed E-state index contributed by atoms with van der Waals surface area (Å²) >= 11 is 5.68. The van der Waals surface area contributed by atoms with E-state index in [0.717, 1.165) is 12.8 Å². The van der Waals surface area contributed by atoms with Crippen LogP contribution < -0.4 is 5.32 Å². The van der Waals surface area contributed by atoms with Crippen LogP contribution >= 0.6 is 11.6 Å². The Morgan fingerprint density at radius 2 is 2.00 bits per heavy atom. The van der Waals surface area contributed by atoms with E-state index in [9.17, 15) is 4.79 Å². The van der Waals surface area contributed by atoms with E-state index in [1.807, 2.05) is 19.1 Å². The second-order valence-corrected chi connectivity index (χ2v) is 4.75. The highest BCUT2D eigenvalue weighted by molar-refractivity contribution is 6.18. The Kier molecular flexibility index (Phi) is 3.49. The standard InChI is InChI=1S/C13H16ClNO/c1-9(8-14)15-13(16)12-6-10-4-2-3-5-11(10)7-12/h2-5,9,12H,6-8H2,1H3,(H,15,16). The third kappa shape index (κ3) is 2.38. The third-order valence-corrected chi connectivity index (χ3v) is 3.50. The van der Waals surface area contributed by atoms with Crippen LogP contribution in [0.4, 0.5) is 0 Å². The maximum Gasteiger partial charge on any atom is 0.224 e. The van der Waals surface area contributed by atoms with Crippen LogP contribution in [0.25, 0.3) is 0 Å². The fourth-order valence-electron chi connectivity index (χ4n) is 2.14. The summed E-state index contributed by atoms with van der Waals surface area (Å²) in [5.41, 5.74) is 2.61. The predicted molar refractivity (Wildman–Crippen MR) is 65.7 cm³/mol. The molecule has 0 radical (unpaired) electrons. The highest BCUT2D eigenvalue weighted by atomic mass is 35.5. The maximum absolute atomic E-state index is 11.9. The summed E-state index contributed by atoms with van der Waals surface area (Å²) in [4.78, 5) is 11.9. The summed E-state index contributed by atoms with van der Waals surface area (Å²) in [7, 11) is 0. The minimum absolute atomic E-state index is 0.0536. The second kappa shape index (κ2) is 4.88.